The van der Waals surface area contributed by atoms with E-state index in [0.29, 0.717) is 6.54 Å². The van der Waals surface area contributed by atoms with E-state index in [0.717, 1.165) is 38.3 Å². The lowest BCUT2D eigenvalue weighted by Gasteiger charge is -2.34. The molecule has 1 saturated heterocycles. The number of hydrogen-bond donors (Lipinski definition) is 2. The third-order valence-corrected chi connectivity index (χ3v) is 7.42. The molecule has 1 aliphatic heterocycles. The van der Waals surface area contributed by atoms with Gasteiger partial charge in [-0.05, 0) is 24.6 Å². The Labute approximate surface area is 195 Å². The van der Waals surface area contributed by atoms with Gasteiger partial charge in [0.05, 0.1) is 10.6 Å². The average Bonchev–Trinajstić information content (AvgIpc) is 2.82. The quantitative estimate of drug-likeness (QED) is 0.537. The first-order valence-electron chi connectivity index (χ1n) is 11.2. The fourth-order valence-electron chi connectivity index (χ4n) is 3.63. The molecule has 33 heavy (non-hydrogen) atoms. The molecule has 0 bridgehead atoms. The van der Waals surface area contributed by atoms with Crippen LogP contribution < -0.4 is 10.9 Å². The predicted molar refractivity (Wildman–Crippen MR) is 127 cm³/mol. The van der Waals surface area contributed by atoms with Gasteiger partial charge in [0.2, 0.25) is 11.8 Å². The number of carbonyl (C=O) groups is 2. The normalized spacial score (nSPS) is 15.2. The smallest absolute Gasteiger partial charge is 0.239 e. The van der Waals surface area contributed by atoms with Crippen LogP contribution in [0, 0.1) is 6.92 Å². The minimum atomic E-state index is -3.54. The number of piperazine rings is 1. The Morgan fingerprint density at radius 2 is 1.39 bits per heavy atom. The zero-order valence-corrected chi connectivity index (χ0v) is 19.8. The number of sulfone groups is 1. The highest BCUT2D eigenvalue weighted by Crippen LogP contribution is 2.13. The second-order valence-electron chi connectivity index (χ2n) is 8.33. The Morgan fingerprint density at radius 1 is 0.818 bits per heavy atom. The van der Waals surface area contributed by atoms with Crippen LogP contribution >= 0.6 is 0 Å². The van der Waals surface area contributed by atoms with Gasteiger partial charge < -0.3 is 4.90 Å². The molecule has 0 atom stereocenters. The van der Waals surface area contributed by atoms with Crippen molar-refractivity contribution in [2.45, 2.75) is 31.2 Å². The lowest BCUT2D eigenvalue weighted by molar-refractivity contribution is -0.128. The van der Waals surface area contributed by atoms with Crippen LogP contribution in [0.2, 0.25) is 0 Å². The molecule has 178 valence electrons. The maximum Gasteiger partial charge on any atom is 0.239 e. The number of rotatable bonds is 9. The average molecular weight is 473 g/mol. The lowest BCUT2D eigenvalue weighted by Crippen LogP contribution is -2.47. The number of aryl methyl sites for hydroxylation is 1. The van der Waals surface area contributed by atoms with Crippen LogP contribution in [0.5, 0.6) is 0 Å². The first-order chi connectivity index (χ1) is 15.8. The minimum Gasteiger partial charge on any atom is -0.300 e. The van der Waals surface area contributed by atoms with Crippen molar-refractivity contribution in [3.05, 3.63) is 65.7 Å². The van der Waals surface area contributed by atoms with Crippen LogP contribution in [-0.4, -0.2) is 68.5 Å². The second kappa shape index (κ2) is 11.9. The Kier molecular flexibility index (Phi) is 8.99. The summed E-state index contributed by atoms with van der Waals surface area (Å²) in [4.78, 5) is 28.9. The van der Waals surface area contributed by atoms with Gasteiger partial charge in [-0.15, -0.1) is 0 Å². The fraction of sp³-hybridized carbons (Fsp3) is 0.417. The summed E-state index contributed by atoms with van der Waals surface area (Å²) < 4.78 is 24.6. The van der Waals surface area contributed by atoms with Gasteiger partial charge in [-0.25, -0.2) is 8.42 Å². The topological polar surface area (TPSA) is 98.8 Å². The van der Waals surface area contributed by atoms with Crippen LogP contribution in [0.3, 0.4) is 0 Å². The zero-order valence-electron chi connectivity index (χ0n) is 19.0. The van der Waals surface area contributed by atoms with E-state index in [9.17, 15) is 18.0 Å². The predicted octanol–water partition coefficient (Wildman–Crippen LogP) is 1.51. The number of hydrazine groups is 1. The molecule has 0 unspecified atom stereocenters. The van der Waals surface area contributed by atoms with Crippen molar-refractivity contribution in [2.24, 2.45) is 0 Å². The molecule has 0 aromatic heterocycles. The number of nitrogens with one attached hydrogen (secondary N) is 2. The Hall–Kier alpha value is -2.75. The summed E-state index contributed by atoms with van der Waals surface area (Å²) in [5.41, 5.74) is 6.94. The summed E-state index contributed by atoms with van der Waals surface area (Å²) in [5, 5.41) is 0. The molecular weight excluding hydrogens is 440 g/mol. The number of carbonyl (C=O) groups excluding carboxylic acids is 2. The number of nitrogens with zero attached hydrogens (tertiary/aromatic N) is 2. The summed E-state index contributed by atoms with van der Waals surface area (Å²) in [5.74, 6) is -1.14. The van der Waals surface area contributed by atoms with Crippen molar-refractivity contribution in [3.63, 3.8) is 0 Å². The van der Waals surface area contributed by atoms with E-state index in [-0.39, 0.29) is 29.4 Å². The van der Waals surface area contributed by atoms with E-state index >= 15 is 0 Å². The van der Waals surface area contributed by atoms with Crippen LogP contribution in [0.4, 0.5) is 0 Å². The molecule has 8 nitrogen and oxygen atoms in total. The van der Waals surface area contributed by atoms with E-state index in [4.69, 9.17) is 0 Å². The van der Waals surface area contributed by atoms with Crippen molar-refractivity contribution >= 4 is 21.7 Å². The molecule has 0 aliphatic carbocycles. The SMILES string of the molecule is Cc1ccc(S(=O)(=O)CCC(=O)NNC(=O)CCN2CCN(Cc3ccccc3)CC2)cc1. The highest BCUT2D eigenvalue weighted by molar-refractivity contribution is 7.91. The standard InChI is InChI=1S/C24H32N4O4S/c1-20-7-9-22(10-8-20)33(31,32)18-12-24(30)26-25-23(29)11-13-27-14-16-28(17-15-27)19-21-5-3-2-4-6-21/h2-10H,11-19H2,1H3,(H,25,29)(H,26,30). The first-order valence-corrected chi connectivity index (χ1v) is 12.8. The summed E-state index contributed by atoms with van der Waals surface area (Å²) in [7, 11) is -3.54. The van der Waals surface area contributed by atoms with Gasteiger partial charge in [0.1, 0.15) is 0 Å². The number of amides is 2. The Bertz CT molecular complexity index is 1020. The molecule has 1 aliphatic rings. The molecule has 1 heterocycles. The van der Waals surface area contributed by atoms with Gasteiger partial charge in [-0.2, -0.15) is 0 Å². The molecule has 2 N–H and O–H groups in total. The second-order valence-corrected chi connectivity index (χ2v) is 10.4. The van der Waals surface area contributed by atoms with Crippen LogP contribution in [-0.2, 0) is 26.0 Å². The van der Waals surface area contributed by atoms with Crippen molar-refractivity contribution < 1.29 is 18.0 Å². The van der Waals surface area contributed by atoms with Gasteiger partial charge in [0.25, 0.3) is 0 Å². The summed E-state index contributed by atoms with van der Waals surface area (Å²) in [6.45, 7) is 7.10. The van der Waals surface area contributed by atoms with Crippen LogP contribution in [0.1, 0.15) is 24.0 Å². The largest absolute Gasteiger partial charge is 0.300 e. The Morgan fingerprint density at radius 3 is 2.03 bits per heavy atom. The first kappa shape index (κ1) is 24.9. The maximum atomic E-state index is 12.3. The molecule has 0 radical (unpaired) electrons. The lowest BCUT2D eigenvalue weighted by atomic mass is 10.2. The molecule has 2 aromatic rings. The maximum absolute atomic E-state index is 12.3. The molecule has 0 spiro atoms. The van der Waals surface area contributed by atoms with E-state index in [1.807, 2.05) is 25.1 Å². The van der Waals surface area contributed by atoms with E-state index in [2.05, 4.69) is 32.8 Å². The summed E-state index contributed by atoms with van der Waals surface area (Å²) in [6, 6.07) is 16.9. The monoisotopic (exact) mass is 472 g/mol. The highest BCUT2D eigenvalue weighted by atomic mass is 32.2. The fourth-order valence-corrected chi connectivity index (χ4v) is 4.87. The number of benzene rings is 2. The number of hydrogen-bond acceptors (Lipinski definition) is 6. The van der Waals surface area contributed by atoms with Gasteiger partial charge in [0.15, 0.2) is 9.84 Å². The van der Waals surface area contributed by atoms with Gasteiger partial charge in [0, 0.05) is 52.1 Å². The van der Waals surface area contributed by atoms with Gasteiger partial charge in [-0.1, -0.05) is 48.0 Å². The van der Waals surface area contributed by atoms with Crippen molar-refractivity contribution in [2.75, 3.05) is 38.5 Å². The van der Waals surface area contributed by atoms with Crippen LogP contribution in [0.25, 0.3) is 0 Å². The van der Waals surface area contributed by atoms with Crippen molar-refractivity contribution in [3.8, 4) is 0 Å². The highest BCUT2D eigenvalue weighted by Gasteiger charge is 2.19. The third-order valence-electron chi connectivity index (χ3n) is 5.69. The van der Waals surface area contributed by atoms with E-state index in [1.165, 1.54) is 17.7 Å². The third kappa shape index (κ3) is 8.27. The molecule has 1 fully saturated rings. The van der Waals surface area contributed by atoms with Crippen molar-refractivity contribution in [1.29, 1.82) is 0 Å². The molecule has 9 heteroatoms. The minimum absolute atomic E-state index is 0.189. The van der Waals surface area contributed by atoms with Gasteiger partial charge >= 0.3 is 0 Å². The van der Waals surface area contributed by atoms with E-state index < -0.39 is 15.7 Å². The van der Waals surface area contributed by atoms with Gasteiger partial charge in [-0.3, -0.25) is 25.3 Å². The molecule has 3 rings (SSSR count). The summed E-state index contributed by atoms with van der Waals surface area (Å²) >= 11 is 0. The van der Waals surface area contributed by atoms with Crippen LogP contribution in [0.15, 0.2) is 59.5 Å². The summed E-state index contributed by atoms with van der Waals surface area (Å²) in [6.07, 6.45) is 0.0422. The zero-order chi connectivity index (χ0) is 23.7. The molecule has 2 aromatic carbocycles. The molecule has 2 amide bonds. The molecular formula is C24H32N4O4S. The van der Waals surface area contributed by atoms with E-state index in [1.54, 1.807) is 12.1 Å². The molecule has 0 saturated carbocycles. The van der Waals surface area contributed by atoms with Crippen molar-refractivity contribution in [1.82, 2.24) is 20.7 Å². The Balaban J connectivity index is 1.29.